The molecule has 0 heterocycles. The lowest BCUT2D eigenvalue weighted by Crippen LogP contribution is -2.20. The highest BCUT2D eigenvalue weighted by atomic mass is 32.2. The number of hydrogen-bond acceptors (Lipinski definition) is 5. The van der Waals surface area contributed by atoms with E-state index in [4.69, 9.17) is 4.18 Å². The average molecular weight is 337 g/mol. The molecule has 6 heteroatoms. The maximum atomic E-state index is 10.9. The summed E-state index contributed by atoms with van der Waals surface area (Å²) in [6.07, 6.45) is 0.378. The van der Waals surface area contributed by atoms with Gasteiger partial charge in [0.2, 0.25) is 0 Å². The van der Waals surface area contributed by atoms with Gasteiger partial charge < -0.3 is 14.6 Å². The van der Waals surface area contributed by atoms with E-state index in [0.29, 0.717) is 12.1 Å². The quantitative estimate of drug-likeness (QED) is 0.792. The van der Waals surface area contributed by atoms with Gasteiger partial charge >= 0.3 is 10.1 Å². The summed E-state index contributed by atoms with van der Waals surface area (Å²) >= 11 is 0. The summed E-state index contributed by atoms with van der Waals surface area (Å²) in [5.41, 5.74) is 0.715. The Morgan fingerprint density at radius 2 is 1.52 bits per heavy atom. The topological polar surface area (TPSA) is 75.6 Å². The van der Waals surface area contributed by atoms with Crippen LogP contribution in [0.4, 0.5) is 0 Å². The van der Waals surface area contributed by atoms with E-state index >= 15 is 0 Å². The summed E-state index contributed by atoms with van der Waals surface area (Å²) in [5, 5.41) is 12.8. The van der Waals surface area contributed by atoms with Gasteiger partial charge in [0.25, 0.3) is 0 Å². The number of likely N-dealkylation sites (N-methyl/N-ethyl adjacent to an activating group) is 1. The first kappa shape index (κ1) is 19.2. The van der Waals surface area contributed by atoms with Gasteiger partial charge in [0.05, 0.1) is 12.4 Å². The maximum Gasteiger partial charge on any atom is 0.306 e. The van der Waals surface area contributed by atoms with Gasteiger partial charge in [-0.25, -0.2) is 0 Å². The number of aliphatic hydroxyl groups is 1. The van der Waals surface area contributed by atoms with E-state index < -0.39 is 16.2 Å². The fourth-order valence-corrected chi connectivity index (χ4v) is 2.16. The standard InChI is InChI=1S/C11H17NO4S.C6H6/c1-3-12-8-11(13)9-4-6-10(7-5-9)16-17(2,14)15;1-2-4-6-5-3-1/h4-7,11-13H,3,8H2,1-2H3;1-6H/t11-;/m0./s1. The molecule has 0 aliphatic carbocycles. The number of nitrogens with one attached hydrogen (secondary N) is 1. The van der Waals surface area contributed by atoms with Crippen molar-refractivity contribution in [1.29, 1.82) is 0 Å². The van der Waals surface area contributed by atoms with Gasteiger partial charge in [-0.3, -0.25) is 0 Å². The van der Waals surface area contributed by atoms with Crippen molar-refractivity contribution >= 4 is 10.1 Å². The molecule has 0 aliphatic heterocycles. The molecule has 5 nitrogen and oxygen atoms in total. The predicted octanol–water partition coefficient (Wildman–Crippen LogP) is 2.35. The molecule has 2 aromatic carbocycles. The van der Waals surface area contributed by atoms with Crippen molar-refractivity contribution < 1.29 is 17.7 Å². The van der Waals surface area contributed by atoms with Gasteiger partial charge in [0.15, 0.2) is 0 Å². The fraction of sp³-hybridized carbons (Fsp3) is 0.294. The lowest BCUT2D eigenvalue weighted by molar-refractivity contribution is 0.175. The Kier molecular flexibility index (Phi) is 8.32. The van der Waals surface area contributed by atoms with Crippen LogP contribution in [-0.4, -0.2) is 32.9 Å². The van der Waals surface area contributed by atoms with Crippen LogP contribution < -0.4 is 9.50 Å². The zero-order valence-electron chi connectivity index (χ0n) is 13.3. The van der Waals surface area contributed by atoms with Crippen LogP contribution in [-0.2, 0) is 10.1 Å². The van der Waals surface area contributed by atoms with E-state index in [1.165, 1.54) is 12.1 Å². The van der Waals surface area contributed by atoms with Gasteiger partial charge in [-0.1, -0.05) is 55.5 Å². The Labute approximate surface area is 138 Å². The molecular formula is C17H23NO4S. The minimum atomic E-state index is -3.50. The minimum absolute atomic E-state index is 0.243. The number of rotatable bonds is 6. The maximum absolute atomic E-state index is 10.9. The van der Waals surface area contributed by atoms with Gasteiger partial charge in [0, 0.05) is 6.54 Å². The van der Waals surface area contributed by atoms with E-state index in [2.05, 4.69) is 5.32 Å². The van der Waals surface area contributed by atoms with E-state index in [0.717, 1.165) is 12.8 Å². The third kappa shape index (κ3) is 8.97. The monoisotopic (exact) mass is 337 g/mol. The normalized spacial score (nSPS) is 12.0. The van der Waals surface area contributed by atoms with E-state index in [1.807, 2.05) is 43.3 Å². The molecule has 0 fully saturated rings. The molecule has 23 heavy (non-hydrogen) atoms. The lowest BCUT2D eigenvalue weighted by atomic mass is 10.1. The largest absolute Gasteiger partial charge is 0.387 e. The molecule has 0 radical (unpaired) electrons. The van der Waals surface area contributed by atoms with Gasteiger partial charge in [0.1, 0.15) is 5.75 Å². The molecule has 0 aromatic heterocycles. The van der Waals surface area contributed by atoms with Crippen LogP contribution in [0.15, 0.2) is 60.7 Å². The lowest BCUT2D eigenvalue weighted by Gasteiger charge is -2.11. The molecule has 0 unspecified atom stereocenters. The van der Waals surface area contributed by atoms with Crippen LogP contribution in [0.25, 0.3) is 0 Å². The molecule has 126 valence electrons. The first-order valence-electron chi connectivity index (χ1n) is 7.30. The molecule has 0 spiro atoms. The van der Waals surface area contributed by atoms with Crippen molar-refractivity contribution in [2.75, 3.05) is 19.3 Å². The summed E-state index contributed by atoms with van der Waals surface area (Å²) in [5.74, 6) is 0.243. The number of benzene rings is 2. The molecule has 0 amide bonds. The molecular weight excluding hydrogens is 314 g/mol. The van der Waals surface area contributed by atoms with Crippen LogP contribution in [0.2, 0.25) is 0 Å². The first-order valence-corrected chi connectivity index (χ1v) is 9.12. The Hall–Kier alpha value is -1.89. The highest BCUT2D eigenvalue weighted by Gasteiger charge is 2.08. The van der Waals surface area contributed by atoms with Crippen LogP contribution in [0.5, 0.6) is 5.75 Å². The Balaban J connectivity index is 0.000000366. The van der Waals surface area contributed by atoms with E-state index in [-0.39, 0.29) is 5.75 Å². The summed E-state index contributed by atoms with van der Waals surface area (Å²) in [7, 11) is -3.50. The third-order valence-electron chi connectivity index (χ3n) is 2.77. The van der Waals surface area contributed by atoms with Crippen LogP contribution in [0, 0.1) is 0 Å². The molecule has 2 N–H and O–H groups in total. The van der Waals surface area contributed by atoms with Crippen molar-refractivity contribution in [3.8, 4) is 5.75 Å². The minimum Gasteiger partial charge on any atom is -0.387 e. The van der Waals surface area contributed by atoms with Crippen LogP contribution in [0.1, 0.15) is 18.6 Å². The van der Waals surface area contributed by atoms with Gasteiger partial charge in [-0.05, 0) is 24.2 Å². The second-order valence-electron chi connectivity index (χ2n) is 4.83. The van der Waals surface area contributed by atoms with Crippen molar-refractivity contribution in [3.63, 3.8) is 0 Å². The van der Waals surface area contributed by atoms with Crippen LogP contribution >= 0.6 is 0 Å². The Morgan fingerprint density at radius 3 is 1.91 bits per heavy atom. The summed E-state index contributed by atoms with van der Waals surface area (Å²) in [6.45, 7) is 3.20. The SMILES string of the molecule is CCNC[C@H](O)c1ccc(OS(C)(=O)=O)cc1.c1ccccc1. The highest BCUT2D eigenvalue weighted by Crippen LogP contribution is 2.18. The molecule has 0 aliphatic rings. The second kappa shape index (κ2) is 9.99. The summed E-state index contributed by atoms with van der Waals surface area (Å²) in [4.78, 5) is 0. The molecule has 2 rings (SSSR count). The predicted molar refractivity (Wildman–Crippen MR) is 91.9 cm³/mol. The first-order chi connectivity index (χ1) is 10.9. The van der Waals surface area contributed by atoms with E-state index in [9.17, 15) is 13.5 Å². The van der Waals surface area contributed by atoms with Gasteiger partial charge in [-0.2, -0.15) is 8.42 Å². The Bertz CT molecular complexity index is 615. The van der Waals surface area contributed by atoms with Gasteiger partial charge in [-0.15, -0.1) is 0 Å². The van der Waals surface area contributed by atoms with Crippen molar-refractivity contribution in [3.05, 3.63) is 66.2 Å². The highest BCUT2D eigenvalue weighted by molar-refractivity contribution is 7.86. The molecule has 0 saturated carbocycles. The number of hydrogen-bond donors (Lipinski definition) is 2. The zero-order valence-corrected chi connectivity index (χ0v) is 14.2. The third-order valence-corrected chi connectivity index (χ3v) is 3.26. The molecule has 0 saturated heterocycles. The molecule has 0 bridgehead atoms. The molecule has 2 aromatic rings. The van der Waals surface area contributed by atoms with Crippen molar-refractivity contribution in [1.82, 2.24) is 5.32 Å². The number of aliphatic hydroxyl groups excluding tert-OH is 1. The van der Waals surface area contributed by atoms with Crippen molar-refractivity contribution in [2.45, 2.75) is 13.0 Å². The Morgan fingerprint density at radius 1 is 1.04 bits per heavy atom. The summed E-state index contributed by atoms with van der Waals surface area (Å²) < 4.78 is 26.5. The smallest absolute Gasteiger partial charge is 0.306 e. The fourth-order valence-electron chi connectivity index (χ4n) is 1.70. The second-order valence-corrected chi connectivity index (χ2v) is 6.41. The molecule has 1 atom stereocenters. The average Bonchev–Trinajstić information content (AvgIpc) is 2.54. The van der Waals surface area contributed by atoms with E-state index in [1.54, 1.807) is 12.1 Å². The van der Waals surface area contributed by atoms with Crippen LogP contribution in [0.3, 0.4) is 0 Å². The summed E-state index contributed by atoms with van der Waals surface area (Å²) in [6, 6.07) is 18.3. The van der Waals surface area contributed by atoms with Crippen molar-refractivity contribution in [2.24, 2.45) is 0 Å². The zero-order chi connectivity index (χ0) is 17.1.